The van der Waals surface area contributed by atoms with Gasteiger partial charge in [0.05, 0.1) is 25.4 Å². The molecule has 0 aromatic rings. The summed E-state index contributed by atoms with van der Waals surface area (Å²) in [7, 11) is 4.75. The van der Waals surface area contributed by atoms with Crippen LogP contribution in [-0.2, 0) is 23.7 Å². The van der Waals surface area contributed by atoms with Crippen molar-refractivity contribution in [3.05, 3.63) is 24.3 Å². The third kappa shape index (κ3) is 46.2. The van der Waals surface area contributed by atoms with E-state index in [-0.39, 0.29) is 12.7 Å². The number of carbonyl (C=O) groups is 2. The zero-order chi connectivity index (χ0) is 38.1. The first-order chi connectivity index (χ1) is 23.6. The van der Waals surface area contributed by atoms with Crippen LogP contribution in [0.1, 0.15) is 127 Å². The average Bonchev–Trinajstić information content (AvgIpc) is 3.82. The van der Waals surface area contributed by atoms with Crippen LogP contribution in [0, 0.1) is 17.8 Å². The van der Waals surface area contributed by atoms with Gasteiger partial charge < -0.3 is 39.1 Å². The highest BCUT2D eigenvalue weighted by Crippen LogP contribution is 2.25. The van der Waals surface area contributed by atoms with E-state index in [0.717, 1.165) is 71.3 Å². The van der Waals surface area contributed by atoms with E-state index in [1.54, 1.807) is 4.90 Å². The molecule has 0 bridgehead atoms. The van der Waals surface area contributed by atoms with Gasteiger partial charge in [-0.05, 0) is 77.8 Å². The number of nitrogens with zero attached hydrogens (tertiary/aromatic N) is 1. The molecule has 2 rings (SSSR count). The predicted molar refractivity (Wildman–Crippen MR) is 208 cm³/mol. The summed E-state index contributed by atoms with van der Waals surface area (Å²) in [5, 5.41) is 9.75. The molecule has 9 nitrogen and oxygen atoms in total. The summed E-state index contributed by atoms with van der Waals surface area (Å²) in [5.74, 6) is 2.11. The first-order valence-corrected chi connectivity index (χ1v) is 19.1. The van der Waals surface area contributed by atoms with Crippen LogP contribution < -0.4 is 5.32 Å². The molecule has 1 amide bonds. The van der Waals surface area contributed by atoms with Gasteiger partial charge in [0.15, 0.2) is 0 Å². The van der Waals surface area contributed by atoms with Crippen molar-refractivity contribution in [3.8, 4) is 0 Å². The van der Waals surface area contributed by atoms with E-state index >= 15 is 0 Å². The van der Waals surface area contributed by atoms with Crippen molar-refractivity contribution < 1.29 is 33.6 Å². The lowest BCUT2D eigenvalue weighted by Gasteiger charge is -2.23. The highest BCUT2D eigenvalue weighted by molar-refractivity contribution is 5.67. The number of hydrogen-bond donors (Lipinski definition) is 2. The molecule has 2 heterocycles. The summed E-state index contributed by atoms with van der Waals surface area (Å²) in [6, 6.07) is 0. The maximum absolute atomic E-state index is 12.0. The van der Waals surface area contributed by atoms with Crippen molar-refractivity contribution in [1.29, 1.82) is 0 Å². The quantitative estimate of drug-likeness (QED) is 0.0631. The molecule has 2 fully saturated rings. The van der Waals surface area contributed by atoms with Gasteiger partial charge in [-0.2, -0.15) is 0 Å². The highest BCUT2D eigenvalue weighted by Gasteiger charge is 2.32. The first-order valence-electron chi connectivity index (χ1n) is 19.1. The second kappa shape index (κ2) is 44.2. The van der Waals surface area contributed by atoms with Crippen LogP contribution in [0.25, 0.3) is 0 Å². The fraction of sp³-hybridized carbons (Fsp3) is 0.850. The van der Waals surface area contributed by atoms with Gasteiger partial charge in [0.2, 0.25) is 0 Å². The number of aliphatic hydroxyl groups excluding tert-OH is 1. The summed E-state index contributed by atoms with van der Waals surface area (Å²) in [6.07, 6.45) is 21.1. The molecule has 2 N–H and O–H groups in total. The maximum atomic E-state index is 12.0. The summed E-state index contributed by atoms with van der Waals surface area (Å²) in [6.45, 7) is 23.9. The monoisotopic (exact) mass is 703 g/mol. The first kappa shape index (κ1) is 54.0. The van der Waals surface area contributed by atoms with Crippen LogP contribution in [0.4, 0.5) is 4.79 Å². The summed E-state index contributed by atoms with van der Waals surface area (Å²) in [4.78, 5) is 23.9. The van der Waals surface area contributed by atoms with Gasteiger partial charge in [-0.3, -0.25) is 0 Å². The number of allylic oxidation sites excluding steroid dienone is 4. The van der Waals surface area contributed by atoms with Crippen LogP contribution in [0.2, 0.25) is 0 Å². The van der Waals surface area contributed by atoms with Crippen molar-refractivity contribution >= 4 is 12.4 Å². The van der Waals surface area contributed by atoms with E-state index in [2.05, 4.69) is 72.9 Å². The Hall–Kier alpha value is -1.78. The SMILES string of the molecule is C/C=C\C=C\C(C)C.CC1CCCOC1.CCCCC1OC1C.CCCCN(CCC(C)CC)C(=O)OCCOCCC=O.CNC.CO. The second-order valence-corrected chi connectivity index (χ2v) is 12.8. The Morgan fingerprint density at radius 2 is 1.63 bits per heavy atom. The number of rotatable bonds is 18. The Bertz CT molecular complexity index is 713. The van der Waals surface area contributed by atoms with Crippen LogP contribution in [0.3, 0.4) is 0 Å². The zero-order valence-corrected chi connectivity index (χ0v) is 34.1. The zero-order valence-electron chi connectivity index (χ0n) is 34.1. The number of hydrogen-bond acceptors (Lipinski definition) is 8. The van der Waals surface area contributed by atoms with Gasteiger partial charge in [-0.25, -0.2) is 4.79 Å². The van der Waals surface area contributed by atoms with E-state index in [0.29, 0.717) is 43.7 Å². The molecule has 4 atom stereocenters. The highest BCUT2D eigenvalue weighted by atomic mass is 16.6. The predicted octanol–water partition coefficient (Wildman–Crippen LogP) is 8.88. The maximum Gasteiger partial charge on any atom is 0.409 e. The van der Waals surface area contributed by atoms with Gasteiger partial charge in [0, 0.05) is 39.8 Å². The Morgan fingerprint density at radius 1 is 1.00 bits per heavy atom. The Balaban J connectivity index is -0.000000295. The fourth-order valence-corrected chi connectivity index (χ4v) is 3.97. The number of aliphatic hydroxyl groups is 1. The van der Waals surface area contributed by atoms with E-state index in [9.17, 15) is 9.59 Å². The number of ether oxygens (including phenoxy) is 4. The Labute approximate surface area is 303 Å². The summed E-state index contributed by atoms with van der Waals surface area (Å²) < 4.78 is 20.8. The van der Waals surface area contributed by atoms with Crippen LogP contribution in [0.15, 0.2) is 24.3 Å². The molecule has 0 aliphatic carbocycles. The Morgan fingerprint density at radius 3 is 2.06 bits per heavy atom. The molecule has 0 saturated carbocycles. The summed E-state index contributed by atoms with van der Waals surface area (Å²) >= 11 is 0. The van der Waals surface area contributed by atoms with Crippen molar-refractivity contribution in [2.75, 3.05) is 67.3 Å². The third-order valence-corrected chi connectivity index (χ3v) is 7.33. The van der Waals surface area contributed by atoms with E-state index < -0.39 is 0 Å². The topological polar surface area (TPSA) is 110 Å². The lowest BCUT2D eigenvalue weighted by Crippen LogP contribution is -2.34. The van der Waals surface area contributed by atoms with Crippen LogP contribution in [-0.4, -0.2) is 102 Å². The number of unbranched alkanes of at least 4 members (excludes halogenated alkanes) is 2. The normalized spacial score (nSPS) is 18.1. The Kier molecular flexibility index (Phi) is 48.8. The molecule has 294 valence electrons. The van der Waals surface area contributed by atoms with Gasteiger partial charge in [0.1, 0.15) is 12.9 Å². The minimum atomic E-state index is -0.259. The molecule has 2 saturated heterocycles. The van der Waals surface area contributed by atoms with Crippen LogP contribution >= 0.6 is 0 Å². The standard InChI is InChI=1S/C16H31NO4.C8H14.C7H14O.C6H12O.C2H7N.CH4O/c1-4-6-9-17(10-8-15(3)5-2)16(19)21-14-13-20-12-7-11-18;1-4-5-6-7-8(2)3;1-3-4-5-7-6(2)8-7;1-6-3-2-4-7-5-6;1-3-2;1-2/h11,15H,4-10,12-14H2,1-3H3;4-8H,1-3H3;6-7H,3-5H2,1-2H3;6H,2-5H2,1H3;3H,1-2H3;2H,1H3/b;5-4-,7-6+;;;;. The number of aldehydes is 1. The smallest absolute Gasteiger partial charge is 0.409 e. The molecule has 0 spiro atoms. The fourth-order valence-electron chi connectivity index (χ4n) is 3.97. The van der Waals surface area contributed by atoms with Crippen LogP contribution in [0.5, 0.6) is 0 Å². The molecular weight excluding hydrogens is 620 g/mol. The van der Waals surface area contributed by atoms with Gasteiger partial charge in [-0.1, -0.05) is 98.5 Å². The number of amides is 1. The molecule has 4 unspecified atom stereocenters. The van der Waals surface area contributed by atoms with Gasteiger partial charge in [0.25, 0.3) is 0 Å². The lowest BCUT2D eigenvalue weighted by atomic mass is 10.1. The molecule has 0 aromatic heterocycles. The number of carbonyl (C=O) groups excluding carboxylic acids is 2. The van der Waals surface area contributed by atoms with Gasteiger partial charge in [-0.15, -0.1) is 0 Å². The molecule has 9 heteroatoms. The molecule has 49 heavy (non-hydrogen) atoms. The molecule has 0 aromatic carbocycles. The van der Waals surface area contributed by atoms with E-state index in [1.807, 2.05) is 33.2 Å². The van der Waals surface area contributed by atoms with E-state index in [1.165, 1.54) is 32.1 Å². The molecule has 2 aliphatic heterocycles. The summed E-state index contributed by atoms with van der Waals surface area (Å²) in [5.41, 5.74) is 0. The average molecular weight is 703 g/mol. The number of epoxide rings is 1. The molecule has 0 radical (unpaired) electrons. The molecular formula is C40H82N2O7. The van der Waals surface area contributed by atoms with E-state index in [4.69, 9.17) is 24.1 Å². The van der Waals surface area contributed by atoms with Crippen molar-refractivity contribution in [2.24, 2.45) is 17.8 Å². The minimum absolute atomic E-state index is 0.240. The number of nitrogens with one attached hydrogen (secondary N) is 1. The largest absolute Gasteiger partial charge is 0.447 e. The minimum Gasteiger partial charge on any atom is -0.447 e. The lowest BCUT2D eigenvalue weighted by molar-refractivity contribution is -0.108. The van der Waals surface area contributed by atoms with Crippen molar-refractivity contribution in [3.63, 3.8) is 0 Å². The second-order valence-electron chi connectivity index (χ2n) is 12.8. The van der Waals surface area contributed by atoms with Gasteiger partial charge >= 0.3 is 6.09 Å². The van der Waals surface area contributed by atoms with Crippen molar-refractivity contribution in [2.45, 2.75) is 139 Å². The molecule has 2 aliphatic rings. The third-order valence-electron chi connectivity index (χ3n) is 7.33. The van der Waals surface area contributed by atoms with Crippen molar-refractivity contribution in [1.82, 2.24) is 10.2 Å².